The Morgan fingerprint density at radius 1 is 1.22 bits per heavy atom. The summed E-state index contributed by atoms with van der Waals surface area (Å²) in [6, 6.07) is 4.08. The summed E-state index contributed by atoms with van der Waals surface area (Å²) in [7, 11) is 0. The van der Waals surface area contributed by atoms with Gasteiger partial charge in [-0.05, 0) is 58.1 Å². The van der Waals surface area contributed by atoms with Crippen molar-refractivity contribution >= 4 is 11.6 Å². The Balaban J connectivity index is 1.49. The number of hydrogen-bond donors (Lipinski definition) is 1. The van der Waals surface area contributed by atoms with E-state index < -0.39 is 0 Å². The summed E-state index contributed by atoms with van der Waals surface area (Å²) in [6.45, 7) is 8.20. The topological polar surface area (TPSA) is 64.9 Å². The van der Waals surface area contributed by atoms with E-state index in [2.05, 4.69) is 17.2 Å². The maximum atomic E-state index is 12.8. The highest BCUT2D eigenvalue weighted by atomic mass is 16.5. The number of nitrogens with one attached hydrogen (secondary N) is 1. The van der Waals surface area contributed by atoms with Gasteiger partial charge in [0.2, 0.25) is 0 Å². The number of carbonyl (C=O) groups excluding carboxylic acids is 1. The molecule has 0 spiro atoms. The Morgan fingerprint density at radius 2 is 2.00 bits per heavy atom. The molecule has 3 rings (SSSR count). The van der Waals surface area contributed by atoms with E-state index in [1.54, 1.807) is 0 Å². The van der Waals surface area contributed by atoms with E-state index in [9.17, 15) is 4.79 Å². The Bertz CT molecular complexity index is 763. The molecule has 27 heavy (non-hydrogen) atoms. The fourth-order valence-corrected chi connectivity index (χ4v) is 3.73. The molecule has 148 valence electrons. The monoisotopic (exact) mass is 373 g/mol. The molecule has 1 N–H and O–H groups in total. The second kappa shape index (κ2) is 9.33. The molecule has 0 bridgehead atoms. The number of rotatable bonds is 8. The quantitative estimate of drug-likeness (QED) is 0.720. The fraction of sp³-hybridized carbons (Fsp3) is 0.619. The highest BCUT2D eigenvalue weighted by Gasteiger charge is 2.24. The third-order valence-electron chi connectivity index (χ3n) is 5.12. The first kappa shape index (κ1) is 19.8. The van der Waals surface area contributed by atoms with Gasteiger partial charge < -0.3 is 19.2 Å². The number of ether oxygens (including phenoxy) is 2. The number of fused-ring (bicyclic) bond motifs is 1. The zero-order valence-electron chi connectivity index (χ0n) is 16.7. The summed E-state index contributed by atoms with van der Waals surface area (Å²) in [5, 5.41) is 3.18. The molecule has 1 fully saturated rings. The molecular formula is C21H31N3O3. The van der Waals surface area contributed by atoms with Gasteiger partial charge in [-0.3, -0.25) is 4.79 Å². The first-order valence-corrected chi connectivity index (χ1v) is 10.0. The second-order valence-corrected chi connectivity index (χ2v) is 7.39. The molecular weight excluding hydrogens is 342 g/mol. The highest BCUT2D eigenvalue weighted by molar-refractivity contribution is 6.00. The Hall–Kier alpha value is -1.92. The lowest BCUT2D eigenvalue weighted by molar-refractivity contribution is -0.0132. The Labute approximate surface area is 161 Å². The van der Waals surface area contributed by atoms with Crippen LogP contribution in [-0.2, 0) is 9.47 Å². The lowest BCUT2D eigenvalue weighted by Gasteiger charge is -2.29. The van der Waals surface area contributed by atoms with E-state index in [1.165, 1.54) is 0 Å². The van der Waals surface area contributed by atoms with Crippen LogP contribution in [0.2, 0.25) is 0 Å². The highest BCUT2D eigenvalue weighted by Crippen LogP contribution is 2.22. The van der Waals surface area contributed by atoms with Crippen LogP contribution in [-0.4, -0.2) is 47.3 Å². The Morgan fingerprint density at radius 3 is 2.74 bits per heavy atom. The fourth-order valence-electron chi connectivity index (χ4n) is 3.73. The van der Waals surface area contributed by atoms with Crippen LogP contribution in [0.5, 0.6) is 0 Å². The van der Waals surface area contributed by atoms with Crippen LogP contribution >= 0.6 is 0 Å². The second-order valence-electron chi connectivity index (χ2n) is 7.39. The predicted molar refractivity (Wildman–Crippen MR) is 105 cm³/mol. The third-order valence-corrected chi connectivity index (χ3v) is 5.12. The molecule has 0 aliphatic heterocycles. The van der Waals surface area contributed by atoms with E-state index in [1.807, 2.05) is 36.6 Å². The molecule has 1 amide bonds. The van der Waals surface area contributed by atoms with Gasteiger partial charge in [0, 0.05) is 30.2 Å². The molecule has 1 aliphatic carbocycles. The van der Waals surface area contributed by atoms with Gasteiger partial charge in [0.05, 0.1) is 24.9 Å². The largest absolute Gasteiger partial charge is 0.379 e. The number of hydrogen-bond acceptors (Lipinski definition) is 4. The standard InChI is InChI=1S/C21H31N3O3/c1-4-11-26-12-13-27-18-7-5-17(6-8-18)23-21(25)19-9-10-24-16(3)14-15(2)22-20(19)24/h9-10,14,17-18H,4-8,11-13H2,1-3H3,(H,23,25). The van der Waals surface area contributed by atoms with Crippen LogP contribution < -0.4 is 5.32 Å². The summed E-state index contributed by atoms with van der Waals surface area (Å²) < 4.78 is 13.3. The molecule has 0 aromatic carbocycles. The summed E-state index contributed by atoms with van der Waals surface area (Å²) in [4.78, 5) is 17.3. The minimum atomic E-state index is -0.0349. The molecule has 0 saturated heterocycles. The third kappa shape index (κ3) is 5.08. The minimum Gasteiger partial charge on any atom is -0.379 e. The summed E-state index contributed by atoms with van der Waals surface area (Å²) in [5.74, 6) is -0.0349. The molecule has 6 nitrogen and oxygen atoms in total. The van der Waals surface area contributed by atoms with Crippen LogP contribution in [0.15, 0.2) is 18.3 Å². The smallest absolute Gasteiger partial charge is 0.255 e. The molecule has 2 heterocycles. The molecule has 0 radical (unpaired) electrons. The zero-order valence-corrected chi connectivity index (χ0v) is 16.7. The van der Waals surface area contributed by atoms with Crippen LogP contribution in [0.3, 0.4) is 0 Å². The molecule has 2 aromatic heterocycles. The molecule has 1 saturated carbocycles. The van der Waals surface area contributed by atoms with Crippen molar-refractivity contribution in [2.24, 2.45) is 0 Å². The number of carbonyl (C=O) groups is 1. The lowest BCUT2D eigenvalue weighted by Crippen LogP contribution is -2.39. The van der Waals surface area contributed by atoms with Gasteiger partial charge in [0.1, 0.15) is 5.65 Å². The van der Waals surface area contributed by atoms with Gasteiger partial charge >= 0.3 is 0 Å². The average molecular weight is 373 g/mol. The van der Waals surface area contributed by atoms with Gasteiger partial charge in [-0.2, -0.15) is 0 Å². The van der Waals surface area contributed by atoms with Crippen molar-refractivity contribution in [1.29, 1.82) is 0 Å². The molecule has 6 heteroatoms. The van der Waals surface area contributed by atoms with E-state index in [0.29, 0.717) is 18.8 Å². The molecule has 1 aliphatic rings. The van der Waals surface area contributed by atoms with Crippen LogP contribution in [0.4, 0.5) is 0 Å². The predicted octanol–water partition coefficient (Wildman–Crippen LogP) is 3.44. The SMILES string of the molecule is CCCOCCOC1CCC(NC(=O)c2ccn3c(C)cc(C)nc23)CC1. The molecule has 2 aromatic rings. The molecule has 0 unspecified atom stereocenters. The zero-order chi connectivity index (χ0) is 19.2. The van der Waals surface area contributed by atoms with Gasteiger partial charge in [-0.25, -0.2) is 4.98 Å². The molecule has 0 atom stereocenters. The van der Waals surface area contributed by atoms with E-state index >= 15 is 0 Å². The first-order chi connectivity index (χ1) is 13.1. The van der Waals surface area contributed by atoms with Crippen molar-refractivity contribution < 1.29 is 14.3 Å². The van der Waals surface area contributed by atoms with Gasteiger partial charge in [-0.15, -0.1) is 0 Å². The first-order valence-electron chi connectivity index (χ1n) is 10.0. The van der Waals surface area contributed by atoms with Crippen molar-refractivity contribution in [3.05, 3.63) is 35.3 Å². The van der Waals surface area contributed by atoms with Gasteiger partial charge in [0.15, 0.2) is 0 Å². The van der Waals surface area contributed by atoms with Crippen LogP contribution in [0, 0.1) is 13.8 Å². The number of aromatic nitrogens is 2. The number of amides is 1. The maximum Gasteiger partial charge on any atom is 0.255 e. The van der Waals surface area contributed by atoms with Gasteiger partial charge in [-0.1, -0.05) is 6.92 Å². The number of nitrogens with zero attached hydrogens (tertiary/aromatic N) is 2. The van der Waals surface area contributed by atoms with Gasteiger partial charge in [0.25, 0.3) is 5.91 Å². The average Bonchev–Trinajstić information content (AvgIpc) is 3.07. The summed E-state index contributed by atoms with van der Waals surface area (Å²) >= 11 is 0. The van der Waals surface area contributed by atoms with Crippen LogP contribution in [0.25, 0.3) is 5.65 Å². The van der Waals surface area contributed by atoms with E-state index in [0.717, 1.165) is 55.7 Å². The van der Waals surface area contributed by atoms with E-state index in [4.69, 9.17) is 9.47 Å². The normalized spacial score (nSPS) is 20.1. The minimum absolute atomic E-state index is 0.0349. The Kier molecular flexibility index (Phi) is 6.85. The number of aryl methyl sites for hydroxylation is 2. The van der Waals surface area contributed by atoms with Crippen molar-refractivity contribution in [3.8, 4) is 0 Å². The van der Waals surface area contributed by atoms with Crippen molar-refractivity contribution in [2.45, 2.75) is 65.0 Å². The summed E-state index contributed by atoms with van der Waals surface area (Å²) in [6.07, 6.45) is 7.09. The lowest BCUT2D eigenvalue weighted by atomic mass is 9.93. The van der Waals surface area contributed by atoms with Crippen molar-refractivity contribution in [3.63, 3.8) is 0 Å². The maximum absolute atomic E-state index is 12.8. The van der Waals surface area contributed by atoms with Crippen molar-refractivity contribution in [1.82, 2.24) is 14.7 Å². The van der Waals surface area contributed by atoms with Crippen LogP contribution in [0.1, 0.15) is 60.8 Å². The van der Waals surface area contributed by atoms with Crippen molar-refractivity contribution in [2.75, 3.05) is 19.8 Å². The summed E-state index contributed by atoms with van der Waals surface area (Å²) in [5.41, 5.74) is 3.38. The van der Waals surface area contributed by atoms with E-state index in [-0.39, 0.29) is 18.1 Å².